The second-order valence-electron chi connectivity index (χ2n) is 12.5. The summed E-state index contributed by atoms with van der Waals surface area (Å²) in [5.74, 6) is -1.44. The number of nitrogens with zero attached hydrogens (tertiary/aromatic N) is 1. The Balaban J connectivity index is 1.39. The van der Waals surface area contributed by atoms with Crippen molar-refractivity contribution >= 4 is 11.9 Å². The molecule has 1 amide bonds. The Morgan fingerprint density at radius 2 is 1.37 bits per heavy atom. The van der Waals surface area contributed by atoms with Gasteiger partial charge in [-0.3, -0.25) is 4.79 Å². The molecule has 3 saturated heterocycles. The lowest BCUT2D eigenvalue weighted by atomic mass is 9.97. The highest BCUT2D eigenvalue weighted by Crippen LogP contribution is 2.29. The third-order valence-corrected chi connectivity index (χ3v) is 7.88. The number of carbonyl (C=O) groups is 2. The van der Waals surface area contributed by atoms with Gasteiger partial charge in [-0.1, -0.05) is 12.1 Å². The molecule has 2 unspecified atom stereocenters. The highest BCUT2D eigenvalue weighted by Gasteiger charge is 2.51. The van der Waals surface area contributed by atoms with Gasteiger partial charge in [0.25, 0.3) is 5.91 Å². The van der Waals surface area contributed by atoms with Crippen LogP contribution in [0, 0.1) is 0 Å². The number of benzene rings is 1. The monoisotopic (exact) mass is 703 g/mol. The van der Waals surface area contributed by atoms with Crippen LogP contribution in [-0.2, 0) is 58.8 Å². The maximum Gasteiger partial charge on any atom is 0.338 e. The van der Waals surface area contributed by atoms with Gasteiger partial charge < -0.3 is 73.1 Å². The van der Waals surface area contributed by atoms with Crippen LogP contribution in [0.5, 0.6) is 5.75 Å². The highest BCUT2D eigenvalue weighted by molar-refractivity contribution is 5.81. The maximum atomic E-state index is 13.4. The Hall–Kier alpha value is -2.52. The average Bonchev–Trinajstić information content (AvgIpc) is 3.57. The largest absolute Gasteiger partial charge is 0.508 e. The average molecular weight is 704 g/mol. The molecule has 3 aliphatic rings. The first kappa shape index (κ1) is 39.3. The molecule has 278 valence electrons. The maximum absolute atomic E-state index is 13.4. The van der Waals surface area contributed by atoms with Crippen LogP contribution in [0.2, 0.25) is 0 Å². The van der Waals surface area contributed by atoms with E-state index in [1.54, 1.807) is 39.8 Å². The second-order valence-corrected chi connectivity index (χ2v) is 12.5. The number of hydrogen-bond donors (Lipinski definition) is 5. The lowest BCUT2D eigenvalue weighted by Gasteiger charge is -2.43. The summed E-state index contributed by atoms with van der Waals surface area (Å²) in [6.07, 6.45) is -16.3. The number of hydrogen-bond acceptors (Lipinski definition) is 16. The summed E-state index contributed by atoms with van der Waals surface area (Å²) in [5.41, 5.74) is 0.570. The van der Waals surface area contributed by atoms with Crippen molar-refractivity contribution in [2.24, 2.45) is 0 Å². The second kappa shape index (κ2) is 18.1. The number of amides is 1. The van der Waals surface area contributed by atoms with Crippen LogP contribution in [0.25, 0.3) is 0 Å². The highest BCUT2D eigenvalue weighted by atomic mass is 16.7. The molecule has 17 nitrogen and oxygen atoms in total. The Kier molecular flexibility index (Phi) is 14.5. The van der Waals surface area contributed by atoms with E-state index in [0.717, 1.165) is 0 Å². The molecular formula is C32H49NO16. The van der Waals surface area contributed by atoms with Crippen molar-refractivity contribution in [3.63, 3.8) is 0 Å². The number of rotatable bonds is 15. The number of phenols is 1. The number of aliphatic hydroxyl groups is 4. The number of aromatic hydroxyl groups is 1. The van der Waals surface area contributed by atoms with Crippen molar-refractivity contribution in [3.05, 3.63) is 29.8 Å². The molecule has 1 aromatic rings. The molecule has 4 rings (SSSR count). The molecule has 3 fully saturated rings. The molecule has 0 aliphatic carbocycles. The molecule has 1 aromatic carbocycles. The van der Waals surface area contributed by atoms with Crippen LogP contribution in [0.3, 0.4) is 0 Å². The molecule has 17 heteroatoms. The molecule has 0 spiro atoms. The number of carbonyl (C=O) groups excluding carboxylic acids is 2. The van der Waals surface area contributed by atoms with Gasteiger partial charge in [0.05, 0.1) is 45.2 Å². The molecule has 5 N–H and O–H groups in total. The van der Waals surface area contributed by atoms with E-state index in [-0.39, 0.29) is 32.1 Å². The lowest BCUT2D eigenvalue weighted by Crippen LogP contribution is -2.63. The summed E-state index contributed by atoms with van der Waals surface area (Å²) >= 11 is 0. The fourth-order valence-corrected chi connectivity index (χ4v) is 5.45. The van der Waals surface area contributed by atoms with Gasteiger partial charge in [0.1, 0.15) is 49.0 Å². The van der Waals surface area contributed by atoms with Gasteiger partial charge in [-0.15, -0.1) is 0 Å². The van der Waals surface area contributed by atoms with E-state index >= 15 is 0 Å². The molecule has 0 aromatic heterocycles. The van der Waals surface area contributed by atoms with E-state index in [2.05, 4.69) is 0 Å². The molecule has 10 atom stereocenters. The van der Waals surface area contributed by atoms with Crippen LogP contribution in [0.15, 0.2) is 24.3 Å². The van der Waals surface area contributed by atoms with Gasteiger partial charge in [0.2, 0.25) is 0 Å². The van der Waals surface area contributed by atoms with Gasteiger partial charge >= 0.3 is 5.97 Å². The molecule has 0 radical (unpaired) electrons. The minimum atomic E-state index is -1.65. The third kappa shape index (κ3) is 10.5. The van der Waals surface area contributed by atoms with Crippen LogP contribution >= 0.6 is 0 Å². The molecule has 3 aliphatic heterocycles. The topological polar surface area (TPSA) is 222 Å². The summed E-state index contributed by atoms with van der Waals surface area (Å²) in [6.45, 7) is 6.85. The predicted octanol–water partition coefficient (Wildman–Crippen LogP) is -1.22. The number of esters is 1. The van der Waals surface area contributed by atoms with E-state index in [1.165, 1.54) is 24.1 Å². The summed E-state index contributed by atoms with van der Waals surface area (Å²) in [6, 6.07) is 5.98. The van der Waals surface area contributed by atoms with Crippen LogP contribution in [0.4, 0.5) is 0 Å². The Labute approximate surface area is 284 Å². The zero-order valence-corrected chi connectivity index (χ0v) is 28.2. The number of likely N-dealkylation sites (N-methyl/N-ethyl adjacent to an activating group) is 1. The van der Waals surface area contributed by atoms with E-state index in [9.17, 15) is 35.1 Å². The minimum Gasteiger partial charge on any atom is -0.508 e. The summed E-state index contributed by atoms with van der Waals surface area (Å²) in [5, 5.41) is 52.9. The molecule has 49 heavy (non-hydrogen) atoms. The fourth-order valence-electron chi connectivity index (χ4n) is 5.45. The molecule has 0 bridgehead atoms. The van der Waals surface area contributed by atoms with Gasteiger partial charge in [-0.2, -0.15) is 0 Å². The SMILES string of the molecule is CC(C)O[C@@H]1OC(C(=O)OCc2ccc(O)cc2)[C@@H](OCCO[C@@H]2OC(C(=O)N(C)CC3OCCO3)[C@@H](OC(C)C)[C@H](O)[C@@H]2O)[C@H](O)[C@@H]1O. The summed E-state index contributed by atoms with van der Waals surface area (Å²) in [7, 11) is 1.51. The number of aliphatic hydroxyl groups excluding tert-OH is 4. The van der Waals surface area contributed by atoms with Crippen LogP contribution < -0.4 is 0 Å². The summed E-state index contributed by atoms with van der Waals surface area (Å²) in [4.78, 5) is 27.9. The summed E-state index contributed by atoms with van der Waals surface area (Å²) < 4.78 is 50.5. The van der Waals surface area contributed by atoms with Crippen molar-refractivity contribution in [2.45, 2.75) is 114 Å². The first-order valence-corrected chi connectivity index (χ1v) is 16.3. The quantitative estimate of drug-likeness (QED) is 0.107. The number of phenolic OH excluding ortho intramolecular Hbond substituents is 1. The van der Waals surface area contributed by atoms with Crippen LogP contribution in [-0.4, -0.2) is 162 Å². The third-order valence-electron chi connectivity index (χ3n) is 7.88. The molecular weight excluding hydrogens is 654 g/mol. The predicted molar refractivity (Wildman–Crippen MR) is 165 cm³/mol. The normalized spacial score (nSPS) is 32.5. The molecule has 3 heterocycles. The van der Waals surface area contributed by atoms with E-state index in [1.807, 2.05) is 0 Å². The smallest absolute Gasteiger partial charge is 0.338 e. The van der Waals surface area contributed by atoms with Crippen LogP contribution in [0.1, 0.15) is 33.3 Å². The van der Waals surface area contributed by atoms with Crippen molar-refractivity contribution in [1.82, 2.24) is 4.90 Å². The van der Waals surface area contributed by atoms with Crippen molar-refractivity contribution in [3.8, 4) is 5.75 Å². The van der Waals surface area contributed by atoms with E-state index in [4.69, 9.17) is 42.6 Å². The van der Waals surface area contributed by atoms with Gasteiger partial charge in [0.15, 0.2) is 31.1 Å². The Morgan fingerprint density at radius 1 is 0.796 bits per heavy atom. The van der Waals surface area contributed by atoms with Gasteiger partial charge in [-0.05, 0) is 45.4 Å². The van der Waals surface area contributed by atoms with Crippen molar-refractivity contribution in [2.75, 3.05) is 40.0 Å². The first-order chi connectivity index (χ1) is 23.3. The standard InChI is InChI=1S/C32H49NO16/c1-16(2)46-26-22(36)23(37)31(48-27(26)29(39)33(5)14-20-41-10-11-42-20)44-13-12-43-25-21(35)24(38)32(47-17(3)4)49-28(25)30(40)45-15-18-6-8-19(34)9-7-18/h6-9,16-17,20-28,31-32,34-38H,10-15H2,1-5H3/t21-,22-,23+,24+,25+,26+,27?,28?,31-,32-/m1/s1. The fraction of sp³-hybridized carbons (Fsp3) is 0.750. The Morgan fingerprint density at radius 3 is 2.00 bits per heavy atom. The first-order valence-electron chi connectivity index (χ1n) is 16.3. The number of ether oxygens (including phenoxy) is 9. The zero-order chi connectivity index (χ0) is 35.8. The Bertz CT molecular complexity index is 1180. The van der Waals surface area contributed by atoms with E-state index < -0.39 is 91.8 Å². The van der Waals surface area contributed by atoms with Gasteiger partial charge in [0, 0.05) is 7.05 Å². The molecule has 0 saturated carbocycles. The zero-order valence-electron chi connectivity index (χ0n) is 28.2. The lowest BCUT2D eigenvalue weighted by molar-refractivity contribution is -0.316. The van der Waals surface area contributed by atoms with Gasteiger partial charge in [-0.25, -0.2) is 4.79 Å². The van der Waals surface area contributed by atoms with Crippen molar-refractivity contribution in [1.29, 1.82) is 0 Å². The van der Waals surface area contributed by atoms with Crippen molar-refractivity contribution < 1.29 is 77.8 Å². The minimum absolute atomic E-state index is 0.0375. The van der Waals surface area contributed by atoms with E-state index in [0.29, 0.717) is 18.8 Å².